The van der Waals surface area contributed by atoms with Crippen LogP contribution in [-0.2, 0) is 22.5 Å². The van der Waals surface area contributed by atoms with Gasteiger partial charge in [0.05, 0.1) is 32.1 Å². The van der Waals surface area contributed by atoms with Gasteiger partial charge in [-0.15, -0.1) is 0 Å². The van der Waals surface area contributed by atoms with E-state index in [1.54, 1.807) is 14.2 Å². The Morgan fingerprint density at radius 3 is 2.56 bits per heavy atom. The van der Waals surface area contributed by atoms with E-state index >= 15 is 0 Å². The second-order valence-corrected chi connectivity index (χ2v) is 8.68. The summed E-state index contributed by atoms with van der Waals surface area (Å²) in [6.45, 7) is 1.03. The van der Waals surface area contributed by atoms with Gasteiger partial charge in [-0.2, -0.15) is 5.10 Å². The molecule has 0 aliphatic heterocycles. The van der Waals surface area contributed by atoms with Crippen molar-refractivity contribution in [3.8, 4) is 23.0 Å². The molecule has 5 rings (SSSR count). The minimum atomic E-state index is 0.362. The summed E-state index contributed by atoms with van der Waals surface area (Å²) in [6, 6.07) is 15.8. The molecule has 0 N–H and O–H groups in total. The second kappa shape index (κ2) is 10.4. The monoisotopic (exact) mass is 461 g/mol. The Kier molecular flexibility index (Phi) is 6.92. The first-order valence-electron chi connectivity index (χ1n) is 12.0. The topological polar surface area (TPSA) is 71.5 Å². The predicted molar refractivity (Wildman–Crippen MR) is 130 cm³/mol. The van der Waals surface area contributed by atoms with Crippen molar-refractivity contribution in [1.29, 1.82) is 0 Å². The zero-order valence-corrected chi connectivity index (χ0v) is 19.8. The molecule has 2 aromatic carbocycles. The number of furan rings is 1. The maximum atomic E-state index is 6.30. The summed E-state index contributed by atoms with van der Waals surface area (Å²) in [6.07, 6.45) is 7.14. The number of para-hydroxylation sites is 1. The molecule has 1 aliphatic carbocycles. The summed E-state index contributed by atoms with van der Waals surface area (Å²) in [5.41, 5.74) is 2.65. The van der Waals surface area contributed by atoms with Crippen molar-refractivity contribution in [2.45, 2.75) is 51.2 Å². The van der Waals surface area contributed by atoms with Gasteiger partial charge in [-0.25, -0.2) is 9.67 Å². The highest BCUT2D eigenvalue weighted by atomic mass is 16.5. The molecule has 0 spiro atoms. The van der Waals surface area contributed by atoms with Gasteiger partial charge in [-0.05, 0) is 43.2 Å². The van der Waals surface area contributed by atoms with E-state index in [0.717, 1.165) is 46.6 Å². The highest BCUT2D eigenvalue weighted by Crippen LogP contribution is 2.34. The molecular formula is C27H31N3O4. The molecule has 0 radical (unpaired) electrons. The minimum Gasteiger partial charge on any atom is -0.497 e. The molecular weight excluding hydrogens is 430 g/mol. The fraction of sp³-hybridized carbons (Fsp3) is 0.407. The third-order valence-electron chi connectivity index (χ3n) is 6.39. The molecule has 2 heterocycles. The van der Waals surface area contributed by atoms with E-state index in [9.17, 15) is 0 Å². The molecule has 1 saturated carbocycles. The summed E-state index contributed by atoms with van der Waals surface area (Å²) in [4.78, 5) is 4.91. The molecule has 0 atom stereocenters. The van der Waals surface area contributed by atoms with Crippen molar-refractivity contribution in [2.24, 2.45) is 0 Å². The molecule has 178 valence electrons. The Hall–Kier alpha value is -3.16. The second-order valence-electron chi connectivity index (χ2n) is 8.68. The van der Waals surface area contributed by atoms with Crippen LogP contribution in [-0.4, -0.2) is 41.7 Å². The molecule has 0 amide bonds. The first-order chi connectivity index (χ1) is 16.8. The normalized spacial score (nSPS) is 14.6. The minimum absolute atomic E-state index is 0.362. The first-order valence-corrected chi connectivity index (χ1v) is 12.0. The van der Waals surface area contributed by atoms with Gasteiger partial charge < -0.3 is 18.6 Å². The molecule has 7 heteroatoms. The van der Waals surface area contributed by atoms with E-state index in [1.807, 2.05) is 53.2 Å². The Labute approximate surface area is 199 Å². The lowest BCUT2D eigenvalue weighted by atomic mass is 9.98. The summed E-state index contributed by atoms with van der Waals surface area (Å²) in [7, 11) is 3.35. The molecule has 2 aromatic heterocycles. The predicted octanol–water partition coefficient (Wildman–Crippen LogP) is 5.73. The van der Waals surface area contributed by atoms with Crippen LogP contribution in [0.25, 0.3) is 28.2 Å². The van der Waals surface area contributed by atoms with Crippen LogP contribution in [0.2, 0.25) is 0 Å². The smallest absolute Gasteiger partial charge is 0.199 e. The third-order valence-corrected chi connectivity index (χ3v) is 6.39. The number of rotatable bonds is 9. The maximum Gasteiger partial charge on any atom is 0.199 e. The third kappa shape index (κ3) is 4.72. The van der Waals surface area contributed by atoms with Crippen molar-refractivity contribution >= 4 is 11.0 Å². The van der Waals surface area contributed by atoms with Gasteiger partial charge in [0, 0.05) is 24.5 Å². The number of methoxy groups -OCH3 is 2. The quantitative estimate of drug-likeness (QED) is 0.317. The number of hydrogen-bond acceptors (Lipinski definition) is 6. The average molecular weight is 462 g/mol. The zero-order chi connectivity index (χ0) is 23.3. The van der Waals surface area contributed by atoms with Crippen LogP contribution >= 0.6 is 0 Å². The van der Waals surface area contributed by atoms with Gasteiger partial charge in [-0.1, -0.05) is 37.5 Å². The van der Waals surface area contributed by atoms with Crippen LogP contribution < -0.4 is 4.74 Å². The molecule has 34 heavy (non-hydrogen) atoms. The zero-order valence-electron chi connectivity index (χ0n) is 19.8. The summed E-state index contributed by atoms with van der Waals surface area (Å²) in [5, 5.41) is 5.87. The molecule has 1 aliphatic rings. The number of hydrogen-bond donors (Lipinski definition) is 0. The van der Waals surface area contributed by atoms with Crippen molar-refractivity contribution in [3.63, 3.8) is 0 Å². The van der Waals surface area contributed by atoms with Crippen LogP contribution in [0.5, 0.6) is 5.75 Å². The fourth-order valence-corrected chi connectivity index (χ4v) is 4.63. The number of nitrogens with zero attached hydrogens (tertiary/aromatic N) is 3. The van der Waals surface area contributed by atoms with Gasteiger partial charge in [0.1, 0.15) is 11.3 Å². The van der Waals surface area contributed by atoms with E-state index in [1.165, 1.54) is 19.3 Å². The fourth-order valence-electron chi connectivity index (χ4n) is 4.63. The van der Waals surface area contributed by atoms with Crippen molar-refractivity contribution in [2.75, 3.05) is 20.8 Å². The van der Waals surface area contributed by atoms with Crippen molar-refractivity contribution in [1.82, 2.24) is 14.8 Å². The number of benzene rings is 2. The Morgan fingerprint density at radius 2 is 1.79 bits per heavy atom. The van der Waals surface area contributed by atoms with E-state index in [4.69, 9.17) is 28.7 Å². The number of ether oxygens (including phenoxy) is 3. The van der Waals surface area contributed by atoms with E-state index in [2.05, 4.69) is 0 Å². The maximum absolute atomic E-state index is 6.30. The van der Waals surface area contributed by atoms with Crippen molar-refractivity contribution < 1.29 is 18.6 Å². The van der Waals surface area contributed by atoms with Crippen LogP contribution in [0.4, 0.5) is 0 Å². The molecule has 7 nitrogen and oxygen atoms in total. The van der Waals surface area contributed by atoms with Crippen LogP contribution in [0, 0.1) is 0 Å². The van der Waals surface area contributed by atoms with Crippen LogP contribution in [0.15, 0.2) is 52.9 Å². The lowest BCUT2D eigenvalue weighted by Gasteiger charge is -2.21. The molecule has 0 saturated heterocycles. The SMILES string of the molecule is COCc1c(-c2nc(CCOC3CCCCC3)nn2-c2ccc(OC)cc2)oc2ccccc12. The Balaban J connectivity index is 1.51. The van der Waals surface area contributed by atoms with Gasteiger partial charge >= 0.3 is 0 Å². The molecule has 1 fully saturated rings. The van der Waals surface area contributed by atoms with E-state index in [-0.39, 0.29) is 0 Å². The van der Waals surface area contributed by atoms with Crippen LogP contribution in [0.1, 0.15) is 43.5 Å². The Morgan fingerprint density at radius 1 is 1.00 bits per heavy atom. The standard InChI is InChI=1S/C27H31N3O4/c1-31-18-23-22-10-6-7-11-24(22)34-26(23)27-28-25(16-17-33-21-8-4-3-5-9-21)29-30(27)19-12-14-20(32-2)15-13-19/h6-7,10-15,21H,3-5,8-9,16-18H2,1-2H3. The summed E-state index contributed by atoms with van der Waals surface area (Å²) in [5.74, 6) is 2.84. The van der Waals surface area contributed by atoms with Gasteiger partial charge in [0.15, 0.2) is 17.4 Å². The lowest BCUT2D eigenvalue weighted by Crippen LogP contribution is -2.18. The highest BCUT2D eigenvalue weighted by molar-refractivity contribution is 5.87. The highest BCUT2D eigenvalue weighted by Gasteiger charge is 2.23. The van der Waals surface area contributed by atoms with Gasteiger partial charge in [-0.3, -0.25) is 0 Å². The number of fused-ring (bicyclic) bond motifs is 1. The van der Waals surface area contributed by atoms with E-state index < -0.39 is 0 Å². The van der Waals surface area contributed by atoms with E-state index in [0.29, 0.717) is 37.3 Å². The summed E-state index contributed by atoms with van der Waals surface area (Å²) < 4.78 is 25.1. The first kappa shape index (κ1) is 22.6. The lowest BCUT2D eigenvalue weighted by molar-refractivity contribution is 0.0297. The number of aromatic nitrogens is 3. The molecule has 0 bridgehead atoms. The molecule has 4 aromatic rings. The molecule has 0 unspecified atom stereocenters. The Bertz CT molecular complexity index is 1220. The van der Waals surface area contributed by atoms with Gasteiger partial charge in [0.2, 0.25) is 0 Å². The van der Waals surface area contributed by atoms with Crippen molar-refractivity contribution in [3.05, 3.63) is 59.9 Å². The largest absolute Gasteiger partial charge is 0.497 e. The average Bonchev–Trinajstić information content (AvgIpc) is 3.47. The van der Waals surface area contributed by atoms with Gasteiger partial charge in [0.25, 0.3) is 0 Å². The summed E-state index contributed by atoms with van der Waals surface area (Å²) >= 11 is 0. The van der Waals surface area contributed by atoms with Crippen LogP contribution in [0.3, 0.4) is 0 Å².